The van der Waals surface area contributed by atoms with Crippen molar-refractivity contribution in [3.05, 3.63) is 42.0 Å². The number of methoxy groups -OCH3 is 1. The molecule has 0 spiro atoms. The van der Waals surface area contributed by atoms with Crippen LogP contribution >= 0.6 is 0 Å². The van der Waals surface area contributed by atoms with Crippen LogP contribution in [0.3, 0.4) is 0 Å². The van der Waals surface area contributed by atoms with E-state index in [1.807, 2.05) is 6.07 Å². The lowest BCUT2D eigenvalue weighted by molar-refractivity contribution is 0.415. The molecule has 0 bridgehead atoms. The molecule has 2 nitrogen and oxygen atoms in total. The molecule has 1 aliphatic carbocycles. The van der Waals surface area contributed by atoms with E-state index in [4.69, 9.17) is 10.5 Å². The second kappa shape index (κ2) is 4.24. The lowest BCUT2D eigenvalue weighted by atomic mass is 9.96. The smallest absolute Gasteiger partial charge is 0.119 e. The molecule has 19 heavy (non-hydrogen) atoms. The zero-order valence-electron chi connectivity index (χ0n) is 11.8. The van der Waals surface area contributed by atoms with Crippen LogP contribution in [0.15, 0.2) is 36.4 Å². The molecular weight excluding hydrogens is 234 g/mol. The summed E-state index contributed by atoms with van der Waals surface area (Å²) in [4.78, 5) is 0. The number of hydrogen-bond donors (Lipinski definition) is 1. The van der Waals surface area contributed by atoms with Gasteiger partial charge < -0.3 is 10.5 Å². The first-order valence-corrected chi connectivity index (χ1v) is 6.84. The molecule has 0 radical (unpaired) electrons. The van der Waals surface area contributed by atoms with Gasteiger partial charge in [0.1, 0.15) is 5.75 Å². The molecule has 1 fully saturated rings. The fraction of sp³-hybridized carbons (Fsp3) is 0.412. The molecule has 2 atom stereocenters. The van der Waals surface area contributed by atoms with Gasteiger partial charge in [-0.2, -0.15) is 0 Å². The maximum atomic E-state index is 6.40. The first-order valence-electron chi connectivity index (χ1n) is 6.84. The SMILES string of the molecule is COc1ccc2cc(C(N)C3CC3(C)C)ccc2c1. The zero-order chi connectivity index (χ0) is 13.6. The number of ether oxygens (including phenoxy) is 1. The number of rotatable bonds is 3. The van der Waals surface area contributed by atoms with Gasteiger partial charge in [0.2, 0.25) is 0 Å². The van der Waals surface area contributed by atoms with E-state index >= 15 is 0 Å². The van der Waals surface area contributed by atoms with Crippen LogP contribution in [0.1, 0.15) is 31.9 Å². The summed E-state index contributed by atoms with van der Waals surface area (Å²) in [5.41, 5.74) is 8.05. The topological polar surface area (TPSA) is 35.2 Å². The van der Waals surface area contributed by atoms with E-state index in [2.05, 4.69) is 44.2 Å². The van der Waals surface area contributed by atoms with Crippen LogP contribution in [0.25, 0.3) is 10.8 Å². The number of nitrogens with two attached hydrogens (primary N) is 1. The molecule has 2 aromatic rings. The highest BCUT2D eigenvalue weighted by Gasteiger charge is 2.49. The second-order valence-corrected chi connectivity index (χ2v) is 6.30. The third-order valence-electron chi connectivity index (χ3n) is 4.48. The van der Waals surface area contributed by atoms with Gasteiger partial charge in [-0.25, -0.2) is 0 Å². The maximum Gasteiger partial charge on any atom is 0.119 e. The summed E-state index contributed by atoms with van der Waals surface area (Å²) < 4.78 is 5.25. The van der Waals surface area contributed by atoms with Crippen LogP contribution in [0.2, 0.25) is 0 Å². The van der Waals surface area contributed by atoms with Crippen LogP contribution in [0.5, 0.6) is 5.75 Å². The van der Waals surface area contributed by atoms with Crippen LogP contribution in [0, 0.1) is 11.3 Å². The van der Waals surface area contributed by atoms with Crippen molar-refractivity contribution in [3.63, 3.8) is 0 Å². The zero-order valence-corrected chi connectivity index (χ0v) is 11.8. The van der Waals surface area contributed by atoms with Gasteiger partial charge in [-0.3, -0.25) is 0 Å². The van der Waals surface area contributed by atoms with Crippen molar-refractivity contribution < 1.29 is 4.74 Å². The lowest BCUT2D eigenvalue weighted by Gasteiger charge is -2.15. The Labute approximate surface area is 114 Å². The minimum Gasteiger partial charge on any atom is -0.497 e. The summed E-state index contributed by atoms with van der Waals surface area (Å²) in [5, 5.41) is 2.43. The largest absolute Gasteiger partial charge is 0.497 e. The normalized spacial score (nSPS) is 22.2. The Balaban J connectivity index is 1.94. The highest BCUT2D eigenvalue weighted by atomic mass is 16.5. The molecular formula is C17H21NO. The van der Waals surface area contributed by atoms with Crippen molar-refractivity contribution in [3.8, 4) is 5.75 Å². The van der Waals surface area contributed by atoms with Gasteiger partial charge in [-0.05, 0) is 52.3 Å². The van der Waals surface area contributed by atoms with Crippen molar-refractivity contribution >= 4 is 10.8 Å². The standard InChI is InChI=1S/C17H21NO/c1-17(2)10-15(17)16(18)13-5-4-12-9-14(19-3)7-6-11(12)8-13/h4-9,15-16H,10,18H2,1-3H3. The molecule has 2 unspecified atom stereocenters. The van der Waals surface area contributed by atoms with E-state index < -0.39 is 0 Å². The molecule has 1 aliphatic rings. The minimum atomic E-state index is 0.154. The fourth-order valence-corrected chi connectivity index (χ4v) is 2.93. The molecule has 2 N–H and O–H groups in total. The average Bonchev–Trinajstić information content (AvgIpc) is 3.05. The molecule has 2 heteroatoms. The summed E-state index contributed by atoms with van der Waals surface area (Å²) in [6.45, 7) is 4.59. The van der Waals surface area contributed by atoms with Crippen LogP contribution in [-0.4, -0.2) is 7.11 Å². The van der Waals surface area contributed by atoms with Crippen molar-refractivity contribution in [1.29, 1.82) is 0 Å². The minimum absolute atomic E-state index is 0.154. The highest BCUT2D eigenvalue weighted by Crippen LogP contribution is 2.57. The third kappa shape index (κ3) is 2.21. The van der Waals surface area contributed by atoms with Gasteiger partial charge in [0, 0.05) is 6.04 Å². The predicted octanol–water partition coefficient (Wildman–Crippen LogP) is 3.89. The first kappa shape index (κ1) is 12.5. The average molecular weight is 255 g/mol. The van der Waals surface area contributed by atoms with E-state index in [-0.39, 0.29) is 6.04 Å². The predicted molar refractivity (Wildman–Crippen MR) is 79.3 cm³/mol. The first-order chi connectivity index (χ1) is 9.01. The summed E-state index contributed by atoms with van der Waals surface area (Å²) >= 11 is 0. The van der Waals surface area contributed by atoms with Gasteiger partial charge in [0.25, 0.3) is 0 Å². The van der Waals surface area contributed by atoms with E-state index in [1.54, 1.807) is 7.11 Å². The maximum absolute atomic E-state index is 6.40. The molecule has 0 aliphatic heterocycles. The fourth-order valence-electron chi connectivity index (χ4n) is 2.93. The number of hydrogen-bond acceptors (Lipinski definition) is 2. The van der Waals surface area contributed by atoms with Crippen LogP contribution in [0.4, 0.5) is 0 Å². The Morgan fingerprint density at radius 1 is 1.16 bits per heavy atom. The molecule has 0 aromatic heterocycles. The molecule has 2 aromatic carbocycles. The summed E-state index contributed by atoms with van der Waals surface area (Å²) in [6, 6.07) is 12.8. The Morgan fingerprint density at radius 2 is 1.79 bits per heavy atom. The lowest BCUT2D eigenvalue weighted by Crippen LogP contribution is -2.15. The van der Waals surface area contributed by atoms with Crippen LogP contribution in [-0.2, 0) is 0 Å². The van der Waals surface area contributed by atoms with Gasteiger partial charge in [-0.15, -0.1) is 0 Å². The molecule has 0 heterocycles. The van der Waals surface area contributed by atoms with Crippen molar-refractivity contribution in [2.45, 2.75) is 26.3 Å². The summed E-state index contributed by atoms with van der Waals surface area (Å²) in [5.74, 6) is 1.51. The molecule has 0 amide bonds. The van der Waals surface area contributed by atoms with Crippen molar-refractivity contribution in [1.82, 2.24) is 0 Å². The summed E-state index contributed by atoms with van der Waals surface area (Å²) in [6.07, 6.45) is 1.23. The summed E-state index contributed by atoms with van der Waals surface area (Å²) in [7, 11) is 1.70. The Kier molecular flexibility index (Phi) is 2.79. The van der Waals surface area contributed by atoms with Gasteiger partial charge in [0.15, 0.2) is 0 Å². The molecule has 1 saturated carbocycles. The Bertz CT molecular complexity index is 618. The Morgan fingerprint density at radius 3 is 2.42 bits per heavy atom. The molecule has 0 saturated heterocycles. The quantitative estimate of drug-likeness (QED) is 0.903. The van der Waals surface area contributed by atoms with E-state index in [9.17, 15) is 0 Å². The van der Waals surface area contributed by atoms with Crippen LogP contribution < -0.4 is 10.5 Å². The number of fused-ring (bicyclic) bond motifs is 1. The monoisotopic (exact) mass is 255 g/mol. The Hall–Kier alpha value is -1.54. The highest BCUT2D eigenvalue weighted by molar-refractivity contribution is 5.84. The third-order valence-corrected chi connectivity index (χ3v) is 4.48. The van der Waals surface area contributed by atoms with E-state index in [1.165, 1.54) is 22.8 Å². The van der Waals surface area contributed by atoms with Crippen molar-refractivity contribution in [2.24, 2.45) is 17.1 Å². The van der Waals surface area contributed by atoms with Gasteiger partial charge in [-0.1, -0.05) is 32.0 Å². The van der Waals surface area contributed by atoms with Crippen molar-refractivity contribution in [2.75, 3.05) is 7.11 Å². The molecule has 3 rings (SSSR count). The van der Waals surface area contributed by atoms with Gasteiger partial charge >= 0.3 is 0 Å². The van der Waals surface area contributed by atoms with E-state index in [0.29, 0.717) is 11.3 Å². The second-order valence-electron chi connectivity index (χ2n) is 6.30. The molecule has 100 valence electrons. The van der Waals surface area contributed by atoms with E-state index in [0.717, 1.165) is 5.75 Å². The number of benzene rings is 2. The van der Waals surface area contributed by atoms with Gasteiger partial charge in [0.05, 0.1) is 7.11 Å².